The van der Waals surface area contributed by atoms with Gasteiger partial charge in [0.2, 0.25) is 0 Å². The molecule has 3 aromatic heterocycles. The molecule has 5 rings (SSSR count). The van der Waals surface area contributed by atoms with Crippen molar-refractivity contribution < 1.29 is 24.5 Å². The van der Waals surface area contributed by atoms with Crippen LogP contribution in [0.2, 0.25) is 0 Å². The van der Waals surface area contributed by atoms with E-state index >= 15 is 0 Å². The average molecular weight is 636 g/mol. The van der Waals surface area contributed by atoms with E-state index in [0.29, 0.717) is 18.4 Å². The van der Waals surface area contributed by atoms with Crippen LogP contribution in [-0.4, -0.2) is 15.0 Å². The Labute approximate surface area is 216 Å². The minimum Gasteiger partial charge on any atom is -0.512 e. The summed E-state index contributed by atoms with van der Waals surface area (Å²) in [5, 5.41) is 12.5. The van der Waals surface area contributed by atoms with Gasteiger partial charge in [-0.3, -0.25) is 24.2 Å². The van der Waals surface area contributed by atoms with Gasteiger partial charge in [-0.25, -0.2) is 0 Å². The molecule has 0 N–H and O–H groups in total. The van der Waals surface area contributed by atoms with Crippen LogP contribution in [-0.2, 0) is 32.9 Å². The zero-order valence-corrected chi connectivity index (χ0v) is 20.6. The van der Waals surface area contributed by atoms with Gasteiger partial charge in [-0.15, -0.1) is 0 Å². The molecular formula is C27H16FIrN6. The van der Waals surface area contributed by atoms with E-state index in [4.69, 9.17) is 45.2 Å². The molecule has 6 nitrogen and oxygen atoms in total. The molecule has 0 atom stereocenters. The van der Waals surface area contributed by atoms with E-state index in [9.17, 15) is 4.39 Å². The molecule has 4 aromatic rings. The van der Waals surface area contributed by atoms with E-state index in [2.05, 4.69) is 10.9 Å². The molecule has 0 aliphatic carbocycles. The quantitative estimate of drug-likeness (QED) is 0.236. The topological polar surface area (TPSA) is 90.6 Å². The smallest absolute Gasteiger partial charge is 0.512 e. The van der Waals surface area contributed by atoms with Gasteiger partial charge in [0.15, 0.2) is 0 Å². The molecule has 0 saturated heterocycles. The van der Waals surface area contributed by atoms with Gasteiger partial charge < -0.3 is 23.7 Å². The van der Waals surface area contributed by atoms with Gasteiger partial charge >= 0.3 is 20.1 Å². The molecule has 1 aliphatic rings. The first-order chi connectivity index (χ1) is 16.7. The number of benzene rings is 1. The molecule has 0 saturated carbocycles. The number of halogens is 1. The summed E-state index contributed by atoms with van der Waals surface area (Å²) in [4.78, 5) is 17.8. The van der Waals surface area contributed by atoms with E-state index < -0.39 is 5.82 Å². The average Bonchev–Trinajstić information content (AvgIpc) is 2.88. The number of pyridine rings is 3. The third kappa shape index (κ3) is 6.19. The Morgan fingerprint density at radius 2 is 1.26 bits per heavy atom. The maximum absolute atomic E-state index is 14.0. The van der Waals surface area contributed by atoms with Crippen LogP contribution in [0.1, 0.15) is 45.6 Å². The van der Waals surface area contributed by atoms with E-state index in [0.717, 1.165) is 34.2 Å². The molecule has 0 unspecified atom stereocenters. The van der Waals surface area contributed by atoms with Crippen molar-refractivity contribution in [2.75, 3.05) is 0 Å². The molecule has 170 valence electrons. The van der Waals surface area contributed by atoms with Gasteiger partial charge in [-0.1, -0.05) is 18.2 Å². The largest absolute Gasteiger partial charge is 3.00 e. The van der Waals surface area contributed by atoms with Gasteiger partial charge in [0.1, 0.15) is 5.69 Å². The molecular weight excluding hydrogens is 620 g/mol. The summed E-state index contributed by atoms with van der Waals surface area (Å²) in [7, 11) is 0. The van der Waals surface area contributed by atoms with Crippen molar-refractivity contribution in [1.29, 1.82) is 10.5 Å². The fourth-order valence-electron chi connectivity index (χ4n) is 3.81. The summed E-state index contributed by atoms with van der Waals surface area (Å²) < 4.78 is 14.0. The van der Waals surface area contributed by atoms with Crippen LogP contribution in [0.5, 0.6) is 0 Å². The molecule has 8 heteroatoms. The van der Waals surface area contributed by atoms with Crippen molar-refractivity contribution in [3.05, 3.63) is 143 Å². The Morgan fingerprint density at radius 1 is 0.800 bits per heavy atom. The summed E-state index contributed by atoms with van der Waals surface area (Å²) in [6.45, 7) is 16.8. The van der Waals surface area contributed by atoms with Gasteiger partial charge in [-0.2, -0.15) is 23.8 Å². The fraction of sp³-hybridized carbons (Fsp3) is 0.111. The van der Waals surface area contributed by atoms with E-state index in [-0.39, 0.29) is 31.7 Å². The predicted octanol–water partition coefficient (Wildman–Crippen LogP) is 5.23. The van der Waals surface area contributed by atoms with E-state index in [1.165, 1.54) is 6.07 Å². The second kappa shape index (κ2) is 12.8. The molecule has 1 aliphatic heterocycles. The zero-order chi connectivity index (χ0) is 24.5. The molecule has 0 fully saturated rings. The normalized spacial score (nSPS) is 11.3. The Bertz CT molecular complexity index is 1320. The van der Waals surface area contributed by atoms with E-state index in [1.807, 2.05) is 54.6 Å². The Balaban J connectivity index is 0.000000823. The minimum atomic E-state index is -0.574. The van der Waals surface area contributed by atoms with Gasteiger partial charge in [0, 0.05) is 47.4 Å². The van der Waals surface area contributed by atoms with Crippen molar-refractivity contribution in [2.45, 2.75) is 18.8 Å². The second-order valence-corrected chi connectivity index (χ2v) is 7.25. The molecule has 0 amide bonds. The zero-order valence-electron chi connectivity index (χ0n) is 18.2. The maximum atomic E-state index is 14.0. The number of hydrogen-bond acceptors (Lipinski definition) is 5. The molecule has 0 radical (unpaired) electrons. The van der Waals surface area contributed by atoms with Crippen LogP contribution < -0.4 is 0 Å². The Kier molecular flexibility index (Phi) is 9.88. The van der Waals surface area contributed by atoms with Crippen molar-refractivity contribution in [3.63, 3.8) is 0 Å². The van der Waals surface area contributed by atoms with Crippen molar-refractivity contribution in [1.82, 2.24) is 15.0 Å². The molecule has 1 aromatic carbocycles. The van der Waals surface area contributed by atoms with Crippen LogP contribution >= 0.6 is 0 Å². The first kappa shape index (κ1) is 27.0. The van der Waals surface area contributed by atoms with Crippen molar-refractivity contribution >= 4 is 5.69 Å². The van der Waals surface area contributed by atoms with Gasteiger partial charge in [0.25, 0.3) is 0 Å². The van der Waals surface area contributed by atoms with Crippen LogP contribution in [0.15, 0.2) is 66.7 Å². The van der Waals surface area contributed by atoms with E-state index in [1.54, 1.807) is 6.07 Å². The number of hydrogen-bond donors (Lipinski definition) is 0. The number of fused-ring (bicyclic) bond motifs is 6. The van der Waals surface area contributed by atoms with Gasteiger partial charge in [0.05, 0.1) is 18.0 Å². The van der Waals surface area contributed by atoms with Crippen molar-refractivity contribution in [3.8, 4) is 0 Å². The number of rotatable bonds is 1. The Hall–Kier alpha value is -4.28. The molecule has 4 heterocycles. The summed E-state index contributed by atoms with van der Waals surface area (Å²) in [5.41, 5.74) is 5.91. The molecule has 35 heavy (non-hydrogen) atoms. The maximum Gasteiger partial charge on any atom is 3.00 e. The monoisotopic (exact) mass is 636 g/mol. The third-order valence-corrected chi connectivity index (χ3v) is 5.17. The number of nitrogens with zero attached hydrogens (tertiary/aromatic N) is 6. The summed E-state index contributed by atoms with van der Waals surface area (Å²) in [6.07, 6.45) is 1.24. The number of aromatic nitrogens is 3. The van der Waals surface area contributed by atoms with Crippen LogP contribution in [0, 0.1) is 42.1 Å². The Morgan fingerprint density at radius 3 is 1.74 bits per heavy atom. The summed E-state index contributed by atoms with van der Waals surface area (Å²) >= 11 is 0. The van der Waals surface area contributed by atoms with Crippen LogP contribution in [0.3, 0.4) is 0 Å². The van der Waals surface area contributed by atoms with Crippen LogP contribution in [0.25, 0.3) is 4.85 Å². The summed E-state index contributed by atoms with van der Waals surface area (Å²) in [6, 6.07) is 23.5. The fourth-order valence-corrected chi connectivity index (χ4v) is 3.81. The molecule has 0 spiro atoms. The third-order valence-electron chi connectivity index (χ3n) is 5.17. The SMILES string of the molecule is [C-]#N.[C-]#N.[C-]#[N+]c1cc(C2c3cccc(n3)Cc3cccc(n3)Cc3cccc2n3)[c-]cc1F.[Ir+3]. The molecule has 6 bridgehead atoms. The first-order valence-electron chi connectivity index (χ1n) is 10.1. The second-order valence-electron chi connectivity index (χ2n) is 7.25. The predicted molar refractivity (Wildman–Crippen MR) is 121 cm³/mol. The van der Waals surface area contributed by atoms with Crippen molar-refractivity contribution in [2.24, 2.45) is 0 Å². The summed E-state index contributed by atoms with van der Waals surface area (Å²) in [5.74, 6) is -0.924. The first-order valence-corrected chi connectivity index (χ1v) is 10.1. The van der Waals surface area contributed by atoms with Crippen LogP contribution in [0.4, 0.5) is 10.1 Å². The minimum absolute atomic E-state index is 0. The standard InChI is InChI=1S/C25H16FN4.2CN.Ir/c1-27-24-13-16(11-12-21(24)26)25-22-9-3-7-19(29-22)14-17-5-2-6-18(28-17)15-20-8-4-10-23(25)30-20;2*1-2;/h2-10,12-13,25H,14-15H2;;;/q3*-1;+3. The van der Waals surface area contributed by atoms with Gasteiger partial charge in [-0.05, 0) is 36.4 Å².